The average Bonchev–Trinajstić information content (AvgIpc) is 2.98. The minimum absolute atomic E-state index is 0.123. The Hall–Kier alpha value is -2.32. The third kappa shape index (κ3) is 3.44. The van der Waals surface area contributed by atoms with Gasteiger partial charge in [-0.15, -0.1) is 11.3 Å². The van der Waals surface area contributed by atoms with Gasteiger partial charge in [0.15, 0.2) is 16.8 Å². The Bertz CT molecular complexity index is 984. The van der Waals surface area contributed by atoms with Gasteiger partial charge >= 0.3 is 0 Å². The number of rotatable bonds is 4. The molecule has 3 rings (SSSR count). The molecule has 4 nitrogen and oxygen atoms in total. The summed E-state index contributed by atoms with van der Waals surface area (Å²) in [5, 5.41) is 1.72. The molecule has 0 saturated heterocycles. The van der Waals surface area contributed by atoms with Crippen LogP contribution in [0.3, 0.4) is 0 Å². The molecule has 0 unspecified atom stereocenters. The van der Waals surface area contributed by atoms with Crippen molar-refractivity contribution in [2.75, 3.05) is 4.72 Å². The van der Waals surface area contributed by atoms with Gasteiger partial charge in [0.1, 0.15) is 0 Å². The maximum Gasteiger partial charge on any atom is 0.263 e. The van der Waals surface area contributed by atoms with Gasteiger partial charge in [-0.2, -0.15) is 0 Å². The molecule has 0 fully saturated rings. The summed E-state index contributed by atoms with van der Waals surface area (Å²) in [6.07, 6.45) is 0. The van der Waals surface area contributed by atoms with Crippen molar-refractivity contribution in [3.63, 3.8) is 0 Å². The largest absolute Gasteiger partial charge is 0.263 e. The lowest BCUT2D eigenvalue weighted by molar-refractivity contribution is 0.509. The summed E-state index contributed by atoms with van der Waals surface area (Å²) in [7, 11) is -3.75. The number of hydrogen-bond acceptors (Lipinski definition) is 4. The molecule has 1 N–H and O–H groups in total. The van der Waals surface area contributed by atoms with Crippen molar-refractivity contribution < 1.29 is 17.2 Å². The van der Waals surface area contributed by atoms with Crippen LogP contribution in [0.15, 0.2) is 52.7 Å². The number of nitrogens with zero attached hydrogens (tertiary/aromatic N) is 1. The van der Waals surface area contributed by atoms with Crippen LogP contribution in [0.2, 0.25) is 0 Å². The first-order valence-corrected chi connectivity index (χ1v) is 9.22. The predicted molar refractivity (Wildman–Crippen MR) is 89.5 cm³/mol. The van der Waals surface area contributed by atoms with Crippen molar-refractivity contribution in [3.8, 4) is 11.3 Å². The fourth-order valence-corrected chi connectivity index (χ4v) is 3.97. The molecule has 1 aromatic heterocycles. The minimum Gasteiger partial charge on any atom is -0.255 e. The zero-order valence-electron chi connectivity index (χ0n) is 12.5. The van der Waals surface area contributed by atoms with Crippen LogP contribution in [0.4, 0.5) is 13.9 Å². The second-order valence-electron chi connectivity index (χ2n) is 5.09. The zero-order valence-corrected chi connectivity index (χ0v) is 14.1. The van der Waals surface area contributed by atoms with E-state index >= 15 is 0 Å². The van der Waals surface area contributed by atoms with E-state index in [1.54, 1.807) is 17.5 Å². The smallest absolute Gasteiger partial charge is 0.255 e. The molecule has 3 aromatic rings. The molecular formula is C16H12F2N2O2S2. The molecule has 0 aliphatic heterocycles. The number of halogens is 2. The van der Waals surface area contributed by atoms with Gasteiger partial charge in [-0.3, -0.25) is 4.72 Å². The lowest BCUT2D eigenvalue weighted by atomic mass is 10.2. The van der Waals surface area contributed by atoms with Crippen molar-refractivity contribution in [2.24, 2.45) is 0 Å². The summed E-state index contributed by atoms with van der Waals surface area (Å²) in [4.78, 5) is 4.24. The van der Waals surface area contributed by atoms with E-state index < -0.39 is 21.7 Å². The Kier molecular flexibility index (Phi) is 4.33. The number of aryl methyl sites for hydroxylation is 1. The monoisotopic (exact) mass is 366 g/mol. The first-order valence-electron chi connectivity index (χ1n) is 6.85. The first-order chi connectivity index (χ1) is 11.3. The number of nitrogens with one attached hydrogen (secondary N) is 1. The van der Waals surface area contributed by atoms with Crippen molar-refractivity contribution in [2.45, 2.75) is 11.8 Å². The molecule has 8 heteroatoms. The number of hydrogen-bond donors (Lipinski definition) is 1. The molecule has 0 bridgehead atoms. The van der Waals surface area contributed by atoms with E-state index in [-0.39, 0.29) is 10.0 Å². The van der Waals surface area contributed by atoms with Crippen molar-refractivity contribution in [1.82, 2.24) is 4.98 Å². The first kappa shape index (κ1) is 16.5. The molecule has 1 heterocycles. The van der Waals surface area contributed by atoms with Gasteiger partial charge in [-0.1, -0.05) is 17.7 Å². The van der Waals surface area contributed by atoms with E-state index in [4.69, 9.17) is 0 Å². The minimum atomic E-state index is -3.75. The van der Waals surface area contributed by atoms with Gasteiger partial charge < -0.3 is 0 Å². The van der Waals surface area contributed by atoms with Gasteiger partial charge in [0.2, 0.25) is 0 Å². The van der Waals surface area contributed by atoms with Crippen LogP contribution in [0, 0.1) is 18.6 Å². The van der Waals surface area contributed by atoms with E-state index in [1.165, 1.54) is 18.2 Å². The van der Waals surface area contributed by atoms with Crippen molar-refractivity contribution >= 4 is 26.5 Å². The molecule has 0 saturated carbocycles. The van der Waals surface area contributed by atoms with Crippen LogP contribution in [-0.4, -0.2) is 13.4 Å². The Morgan fingerprint density at radius 1 is 1.04 bits per heavy atom. The van der Waals surface area contributed by atoms with E-state index in [9.17, 15) is 17.2 Å². The Labute approximate surface area is 141 Å². The summed E-state index contributed by atoms with van der Waals surface area (Å²) in [6.45, 7) is 1.86. The van der Waals surface area contributed by atoms with Crippen LogP contribution in [0.1, 0.15) is 5.56 Å². The van der Waals surface area contributed by atoms with Crippen LogP contribution in [0.25, 0.3) is 11.3 Å². The van der Waals surface area contributed by atoms with Gasteiger partial charge in [0.25, 0.3) is 10.0 Å². The zero-order chi connectivity index (χ0) is 17.3. The van der Waals surface area contributed by atoms with Gasteiger partial charge in [0.05, 0.1) is 10.6 Å². The van der Waals surface area contributed by atoms with Gasteiger partial charge in [-0.05, 0) is 37.3 Å². The highest BCUT2D eigenvalue weighted by molar-refractivity contribution is 7.93. The Morgan fingerprint density at radius 3 is 2.42 bits per heavy atom. The molecule has 0 spiro atoms. The summed E-state index contributed by atoms with van der Waals surface area (Å²) in [5.41, 5.74) is 1.68. The highest BCUT2D eigenvalue weighted by atomic mass is 32.2. The number of sulfonamides is 1. The van der Waals surface area contributed by atoms with Crippen molar-refractivity contribution in [3.05, 3.63) is 65.0 Å². The lowest BCUT2D eigenvalue weighted by Gasteiger charge is -2.05. The van der Waals surface area contributed by atoms with E-state index in [0.29, 0.717) is 11.3 Å². The molecule has 124 valence electrons. The highest BCUT2D eigenvalue weighted by Gasteiger charge is 2.16. The number of benzene rings is 2. The lowest BCUT2D eigenvalue weighted by Crippen LogP contribution is -2.12. The second-order valence-corrected chi connectivity index (χ2v) is 7.63. The molecule has 0 atom stereocenters. The summed E-state index contributed by atoms with van der Waals surface area (Å²) >= 11 is 1.06. The molecule has 0 radical (unpaired) electrons. The Balaban J connectivity index is 1.85. The molecule has 2 aromatic carbocycles. The molecular weight excluding hydrogens is 354 g/mol. The number of thiazole rings is 1. The topological polar surface area (TPSA) is 59.1 Å². The molecule has 0 aliphatic carbocycles. The predicted octanol–water partition coefficient (Wildman–Crippen LogP) is 4.20. The average molecular weight is 366 g/mol. The molecule has 0 aliphatic rings. The number of anilines is 1. The molecule has 24 heavy (non-hydrogen) atoms. The maximum absolute atomic E-state index is 13.3. The normalized spacial score (nSPS) is 11.5. The van der Waals surface area contributed by atoms with Gasteiger partial charge in [0, 0.05) is 10.9 Å². The van der Waals surface area contributed by atoms with Crippen LogP contribution >= 0.6 is 11.3 Å². The van der Waals surface area contributed by atoms with E-state index in [1.807, 2.05) is 6.92 Å². The fraction of sp³-hybridized carbons (Fsp3) is 0.0625. The quantitative estimate of drug-likeness (QED) is 0.753. The summed E-state index contributed by atoms with van der Waals surface area (Å²) in [5.74, 6) is -1.93. The standard InChI is InChI=1S/C16H12F2N2O2S2/c1-10-2-5-12(6-3-10)24(21,22)20-16-19-15(9-23-16)11-4-7-13(17)14(18)8-11/h2-9H,1H3,(H,19,20). The molecule has 0 amide bonds. The second kappa shape index (κ2) is 6.29. The SMILES string of the molecule is Cc1ccc(S(=O)(=O)Nc2nc(-c3ccc(F)c(F)c3)cs2)cc1. The third-order valence-corrected chi connectivity index (χ3v) is 5.51. The maximum atomic E-state index is 13.3. The number of aromatic nitrogens is 1. The summed E-state index contributed by atoms with van der Waals surface area (Å²) in [6, 6.07) is 9.80. The Morgan fingerprint density at radius 2 is 1.75 bits per heavy atom. The van der Waals surface area contributed by atoms with Crippen LogP contribution in [-0.2, 0) is 10.0 Å². The van der Waals surface area contributed by atoms with E-state index in [0.717, 1.165) is 29.0 Å². The van der Waals surface area contributed by atoms with Gasteiger partial charge in [-0.25, -0.2) is 22.2 Å². The fourth-order valence-electron chi connectivity index (χ4n) is 2.00. The third-order valence-electron chi connectivity index (χ3n) is 3.27. The van der Waals surface area contributed by atoms with Crippen LogP contribution < -0.4 is 4.72 Å². The summed E-state index contributed by atoms with van der Waals surface area (Å²) < 4.78 is 53.2. The van der Waals surface area contributed by atoms with Crippen molar-refractivity contribution in [1.29, 1.82) is 0 Å². The van der Waals surface area contributed by atoms with E-state index in [2.05, 4.69) is 9.71 Å². The van der Waals surface area contributed by atoms with Crippen LogP contribution in [0.5, 0.6) is 0 Å². The highest BCUT2D eigenvalue weighted by Crippen LogP contribution is 2.27.